The smallest absolute Gasteiger partial charge is 0.305 e. The van der Waals surface area contributed by atoms with Crippen molar-refractivity contribution >= 4 is 11.9 Å². The van der Waals surface area contributed by atoms with Crippen LogP contribution in [0.5, 0.6) is 0 Å². The van der Waals surface area contributed by atoms with Gasteiger partial charge in [-0.05, 0) is 96.3 Å². The van der Waals surface area contributed by atoms with Crippen molar-refractivity contribution in [3.8, 4) is 0 Å². The number of ether oxygens (including phenoxy) is 3. The molecule has 7 unspecified atom stereocenters. The van der Waals surface area contributed by atoms with Crippen LogP contribution >= 0.6 is 0 Å². The molecule has 11 heteroatoms. The van der Waals surface area contributed by atoms with Gasteiger partial charge in [0.15, 0.2) is 6.29 Å². The molecule has 72 heavy (non-hydrogen) atoms. The second kappa shape index (κ2) is 50.5. The van der Waals surface area contributed by atoms with Crippen LogP contribution in [0.3, 0.4) is 0 Å². The van der Waals surface area contributed by atoms with Crippen molar-refractivity contribution in [2.45, 2.75) is 294 Å². The van der Waals surface area contributed by atoms with Crippen molar-refractivity contribution in [3.63, 3.8) is 0 Å². The number of nitrogens with one attached hydrogen (secondary N) is 1. The summed E-state index contributed by atoms with van der Waals surface area (Å²) < 4.78 is 16.7. The number of aliphatic hydroxyl groups excluding tert-OH is 5. The molecule has 1 rings (SSSR count). The summed E-state index contributed by atoms with van der Waals surface area (Å²) in [6.45, 7) is 4.21. The monoisotopic (exact) mass is 1020 g/mol. The zero-order chi connectivity index (χ0) is 52.4. The molecule has 0 aromatic carbocycles. The minimum absolute atomic E-state index is 0.0484. The minimum Gasteiger partial charge on any atom is -0.466 e. The number of aliphatic hydroxyl groups is 5. The van der Waals surface area contributed by atoms with Gasteiger partial charge >= 0.3 is 5.97 Å². The molecule has 11 nitrogen and oxygen atoms in total. The number of unbranched alkanes of at least 4 members (excludes halogenated alkanes) is 28. The number of amides is 1. The Bertz CT molecular complexity index is 1380. The molecule has 1 aliphatic rings. The Morgan fingerprint density at radius 1 is 0.514 bits per heavy atom. The van der Waals surface area contributed by atoms with Crippen LogP contribution in [-0.4, -0.2) is 100 Å². The maximum atomic E-state index is 13.0. The fraction of sp³-hybridized carbons (Fsp3) is 0.803. The molecule has 0 aliphatic carbocycles. The average Bonchev–Trinajstić information content (AvgIpc) is 3.38. The molecule has 0 radical (unpaired) electrons. The van der Waals surface area contributed by atoms with Crippen LogP contribution in [-0.2, 0) is 23.8 Å². The normalized spacial score (nSPS) is 19.5. The van der Waals surface area contributed by atoms with Gasteiger partial charge in [0.1, 0.15) is 24.4 Å². The first-order chi connectivity index (χ1) is 35.2. The second-order valence-electron chi connectivity index (χ2n) is 20.3. The van der Waals surface area contributed by atoms with Crippen LogP contribution in [0.15, 0.2) is 60.8 Å². The van der Waals surface area contributed by atoms with Crippen LogP contribution in [0.25, 0.3) is 0 Å². The first-order valence-electron chi connectivity index (χ1n) is 29.6. The Morgan fingerprint density at radius 2 is 0.958 bits per heavy atom. The molecule has 7 atom stereocenters. The van der Waals surface area contributed by atoms with E-state index in [0.29, 0.717) is 19.4 Å². The lowest BCUT2D eigenvalue weighted by atomic mass is 9.99. The quantitative estimate of drug-likeness (QED) is 0.0195. The summed E-state index contributed by atoms with van der Waals surface area (Å²) in [7, 11) is 0. The van der Waals surface area contributed by atoms with E-state index in [1.54, 1.807) is 6.08 Å². The van der Waals surface area contributed by atoms with E-state index in [4.69, 9.17) is 14.2 Å². The van der Waals surface area contributed by atoms with Gasteiger partial charge in [0.05, 0.1) is 32.0 Å². The highest BCUT2D eigenvalue weighted by Crippen LogP contribution is 2.23. The van der Waals surface area contributed by atoms with Crippen LogP contribution in [0.4, 0.5) is 0 Å². The third-order valence-electron chi connectivity index (χ3n) is 13.6. The standard InChI is InChI=1S/C61H109NO10/c1-3-5-7-9-11-13-15-17-24-27-31-35-39-43-47-54(64)53(52-71-61-60(69)59(68)58(67)55(51-63)72-61)62-56(65)48-44-40-36-32-28-25-21-19-18-20-22-26-30-34-38-42-46-50-70-57(66)49-45-41-37-33-29-23-16-14-12-10-8-6-4-2/h8,10,14,16,18,20,26,30,43,47,53-55,58-61,63-64,67-69H,3-7,9,11-13,15,17,19,21-25,27-29,31-42,44-46,48-52H2,1-2H3,(H,62,65)/b10-8-,16-14-,20-18-,30-26-,47-43+. The SMILES string of the molecule is CCC/C=C\C/C=C\CCCCCCCC(=O)OCCCCC/C=C\C/C=C\CCCCCCCCCC(=O)NC(COC1OC(CO)C(O)C(O)C1O)C(O)/C=C/CCCCCCCCCCCCCC. The number of hydrogen-bond acceptors (Lipinski definition) is 10. The van der Waals surface area contributed by atoms with Crippen molar-refractivity contribution < 1.29 is 49.3 Å². The Labute approximate surface area is 439 Å². The fourth-order valence-corrected chi connectivity index (χ4v) is 8.85. The van der Waals surface area contributed by atoms with E-state index in [1.165, 1.54) is 116 Å². The van der Waals surface area contributed by atoms with Crippen molar-refractivity contribution in [2.75, 3.05) is 19.8 Å². The number of esters is 1. The van der Waals surface area contributed by atoms with Crippen molar-refractivity contribution in [2.24, 2.45) is 0 Å². The van der Waals surface area contributed by atoms with Crippen molar-refractivity contribution in [3.05, 3.63) is 60.8 Å². The largest absolute Gasteiger partial charge is 0.466 e. The molecule has 418 valence electrons. The molecule has 0 aromatic heterocycles. The van der Waals surface area contributed by atoms with Crippen LogP contribution < -0.4 is 5.32 Å². The van der Waals surface area contributed by atoms with Crippen molar-refractivity contribution in [1.29, 1.82) is 0 Å². The zero-order valence-corrected chi connectivity index (χ0v) is 45.9. The second-order valence-corrected chi connectivity index (χ2v) is 20.3. The highest BCUT2D eigenvalue weighted by Gasteiger charge is 2.44. The van der Waals surface area contributed by atoms with Gasteiger partial charge in [-0.15, -0.1) is 0 Å². The summed E-state index contributed by atoms with van der Waals surface area (Å²) in [6.07, 6.45) is 54.4. The molecule has 1 heterocycles. The molecule has 0 bridgehead atoms. The first kappa shape index (κ1) is 67.4. The van der Waals surface area contributed by atoms with E-state index in [-0.39, 0.29) is 18.5 Å². The number of carbonyl (C=O) groups excluding carboxylic acids is 2. The van der Waals surface area contributed by atoms with E-state index in [1.807, 2.05) is 6.08 Å². The molecule has 0 spiro atoms. The van der Waals surface area contributed by atoms with Gasteiger partial charge < -0.3 is 45.1 Å². The Balaban J connectivity index is 2.16. The van der Waals surface area contributed by atoms with Crippen molar-refractivity contribution in [1.82, 2.24) is 5.32 Å². The predicted molar refractivity (Wildman–Crippen MR) is 296 cm³/mol. The molecule has 1 saturated heterocycles. The maximum Gasteiger partial charge on any atom is 0.305 e. The summed E-state index contributed by atoms with van der Waals surface area (Å²) in [6, 6.07) is -0.824. The fourth-order valence-electron chi connectivity index (χ4n) is 8.85. The van der Waals surface area contributed by atoms with Gasteiger partial charge in [-0.25, -0.2) is 0 Å². The molecular formula is C61H109NO10. The molecule has 0 aromatic rings. The summed E-state index contributed by atoms with van der Waals surface area (Å²) in [5.74, 6) is -0.247. The number of hydrogen-bond donors (Lipinski definition) is 6. The highest BCUT2D eigenvalue weighted by atomic mass is 16.7. The minimum atomic E-state index is -1.58. The van der Waals surface area contributed by atoms with Crippen LogP contribution in [0.1, 0.15) is 251 Å². The summed E-state index contributed by atoms with van der Waals surface area (Å²) in [5, 5.41) is 54.4. The molecular weight excluding hydrogens is 907 g/mol. The summed E-state index contributed by atoms with van der Waals surface area (Å²) in [5.41, 5.74) is 0. The third-order valence-corrected chi connectivity index (χ3v) is 13.6. The Hall–Kier alpha value is -2.64. The maximum absolute atomic E-state index is 13.0. The Kier molecular flexibility index (Phi) is 47.3. The van der Waals surface area contributed by atoms with E-state index < -0.39 is 49.5 Å². The molecule has 1 aliphatic heterocycles. The first-order valence-corrected chi connectivity index (χ1v) is 29.6. The average molecular weight is 1020 g/mol. The molecule has 1 fully saturated rings. The number of rotatable bonds is 50. The lowest BCUT2D eigenvalue weighted by Gasteiger charge is -2.40. The third kappa shape index (κ3) is 39.8. The predicted octanol–water partition coefficient (Wildman–Crippen LogP) is 13.4. The van der Waals surface area contributed by atoms with E-state index in [9.17, 15) is 35.1 Å². The molecule has 1 amide bonds. The summed E-state index contributed by atoms with van der Waals surface area (Å²) in [4.78, 5) is 25.1. The van der Waals surface area contributed by atoms with Gasteiger partial charge in [-0.2, -0.15) is 0 Å². The Morgan fingerprint density at radius 3 is 1.46 bits per heavy atom. The lowest BCUT2D eigenvalue weighted by molar-refractivity contribution is -0.302. The number of carbonyl (C=O) groups is 2. The van der Waals surface area contributed by atoms with Crippen LogP contribution in [0.2, 0.25) is 0 Å². The summed E-state index contributed by atoms with van der Waals surface area (Å²) >= 11 is 0. The molecule has 0 saturated carbocycles. The van der Waals surface area contributed by atoms with E-state index in [2.05, 4.69) is 67.8 Å². The van der Waals surface area contributed by atoms with Gasteiger partial charge in [-0.3, -0.25) is 9.59 Å². The van der Waals surface area contributed by atoms with E-state index >= 15 is 0 Å². The van der Waals surface area contributed by atoms with Gasteiger partial charge in [0.25, 0.3) is 0 Å². The van der Waals surface area contributed by atoms with E-state index in [0.717, 1.165) is 109 Å². The van der Waals surface area contributed by atoms with Gasteiger partial charge in [0, 0.05) is 12.8 Å². The number of allylic oxidation sites excluding steroid dienone is 9. The highest BCUT2D eigenvalue weighted by molar-refractivity contribution is 5.76. The zero-order valence-electron chi connectivity index (χ0n) is 45.9. The van der Waals surface area contributed by atoms with Gasteiger partial charge in [0.2, 0.25) is 5.91 Å². The van der Waals surface area contributed by atoms with Crippen LogP contribution in [0, 0.1) is 0 Å². The lowest BCUT2D eigenvalue weighted by Crippen LogP contribution is -2.60. The molecule has 6 N–H and O–H groups in total. The van der Waals surface area contributed by atoms with Gasteiger partial charge in [-0.1, -0.05) is 203 Å². The topological polar surface area (TPSA) is 175 Å².